The maximum absolute atomic E-state index is 6.98. The van der Waals surface area contributed by atoms with Gasteiger partial charge in [0.2, 0.25) is 0 Å². The zero-order chi connectivity index (χ0) is 15.6. The summed E-state index contributed by atoms with van der Waals surface area (Å²) in [4.78, 5) is 0. The van der Waals surface area contributed by atoms with Crippen LogP contribution in [-0.4, -0.2) is 24.0 Å². The first-order chi connectivity index (χ1) is 10.1. The second-order valence-electron chi connectivity index (χ2n) is 5.80. The Labute approximate surface area is 146 Å². The van der Waals surface area contributed by atoms with Crippen LogP contribution in [0.4, 0.5) is 0 Å². The van der Waals surface area contributed by atoms with Gasteiger partial charge in [-0.2, -0.15) is 0 Å². The van der Waals surface area contributed by atoms with Gasteiger partial charge in [0.15, 0.2) is 0 Å². The fraction of sp³-hybridized carbons (Fsp3) is 0.579. The average Bonchev–Trinajstić information content (AvgIpc) is 2.51. The standard InChI is InChI=1S/C10H11.C9H18Cl.Sn/c1-3-9-6-5-7-10(4-2)8-9;1-3-5-7-9(10)8-6-4-2;/h3,5-8H,1-2,4H2;3-8H2,1-2H3;. The number of alkyl halides is 1. The van der Waals surface area contributed by atoms with Crippen molar-refractivity contribution in [3.63, 3.8) is 0 Å². The number of benzene rings is 1. The van der Waals surface area contributed by atoms with Crippen molar-refractivity contribution in [2.45, 2.75) is 66.1 Å². The Balaban J connectivity index is 2.49. The molecule has 0 aliphatic heterocycles. The maximum atomic E-state index is 6.98. The number of rotatable bonds is 11. The van der Waals surface area contributed by atoms with Crippen LogP contribution in [-0.2, 0) is 6.42 Å². The number of hydrogen-bond donors (Lipinski definition) is 0. The molecule has 0 bridgehead atoms. The SMILES string of the molecule is C=Cc1cccc(C[CH2][Sn][C](Cl)(CCCC)CCCC)c1. The summed E-state index contributed by atoms with van der Waals surface area (Å²) in [6.07, 6.45) is 10.7. The quantitative estimate of drug-likeness (QED) is 0.296. The summed E-state index contributed by atoms with van der Waals surface area (Å²) in [6.45, 7) is 8.38. The molecule has 0 aliphatic carbocycles. The van der Waals surface area contributed by atoms with Crippen LogP contribution in [0.2, 0.25) is 4.44 Å². The third-order valence-electron chi connectivity index (χ3n) is 3.90. The third kappa shape index (κ3) is 7.74. The van der Waals surface area contributed by atoms with Crippen LogP contribution >= 0.6 is 11.6 Å². The van der Waals surface area contributed by atoms with Crippen LogP contribution in [0.3, 0.4) is 0 Å². The van der Waals surface area contributed by atoms with Gasteiger partial charge in [-0.25, -0.2) is 0 Å². The van der Waals surface area contributed by atoms with Gasteiger partial charge in [0, 0.05) is 0 Å². The molecule has 0 nitrogen and oxygen atoms in total. The van der Waals surface area contributed by atoms with Gasteiger partial charge in [0.1, 0.15) is 0 Å². The summed E-state index contributed by atoms with van der Waals surface area (Å²) in [5, 5.41) is 0. The molecule has 2 heteroatoms. The molecule has 0 spiro atoms. The van der Waals surface area contributed by atoms with E-state index in [1.54, 1.807) is 0 Å². The summed E-state index contributed by atoms with van der Waals surface area (Å²) in [6, 6.07) is 8.76. The van der Waals surface area contributed by atoms with Crippen molar-refractivity contribution >= 4 is 38.8 Å². The van der Waals surface area contributed by atoms with E-state index in [0.29, 0.717) is 0 Å². The van der Waals surface area contributed by atoms with E-state index >= 15 is 0 Å². The van der Waals surface area contributed by atoms with Crippen molar-refractivity contribution in [2.24, 2.45) is 0 Å². The van der Waals surface area contributed by atoms with E-state index in [4.69, 9.17) is 11.6 Å². The molecule has 0 aromatic heterocycles. The molecular weight excluding hydrogens is 382 g/mol. The minimum absolute atomic E-state index is 0.200. The molecule has 0 heterocycles. The normalized spacial score (nSPS) is 11.6. The molecule has 0 N–H and O–H groups in total. The summed E-state index contributed by atoms with van der Waals surface area (Å²) < 4.78 is 1.55. The molecule has 1 aromatic carbocycles. The number of halogens is 1. The van der Waals surface area contributed by atoms with Gasteiger partial charge in [0.05, 0.1) is 0 Å². The third-order valence-corrected chi connectivity index (χ3v) is 9.83. The molecule has 2 radical (unpaired) electrons. The second-order valence-corrected chi connectivity index (χ2v) is 12.6. The molecule has 0 aliphatic rings. The van der Waals surface area contributed by atoms with Gasteiger partial charge in [-0.3, -0.25) is 0 Å². The fourth-order valence-corrected chi connectivity index (χ4v) is 7.90. The zero-order valence-electron chi connectivity index (χ0n) is 13.6. The first-order valence-corrected chi connectivity index (χ1v) is 12.1. The van der Waals surface area contributed by atoms with Crippen molar-refractivity contribution in [1.29, 1.82) is 0 Å². The summed E-state index contributed by atoms with van der Waals surface area (Å²) in [5.74, 6) is 0. The van der Waals surface area contributed by atoms with Crippen molar-refractivity contribution in [3.05, 3.63) is 42.0 Å². The minimum atomic E-state index is -0.541. The van der Waals surface area contributed by atoms with Crippen LogP contribution < -0.4 is 0 Å². The second kappa shape index (κ2) is 10.7. The van der Waals surface area contributed by atoms with Crippen LogP contribution in [0.15, 0.2) is 30.8 Å². The molecule has 0 saturated heterocycles. The van der Waals surface area contributed by atoms with Gasteiger partial charge >= 0.3 is 147 Å². The van der Waals surface area contributed by atoms with E-state index < -0.39 is 21.1 Å². The first kappa shape index (κ1) is 19.1. The number of hydrogen-bond acceptors (Lipinski definition) is 0. The fourth-order valence-electron chi connectivity index (χ4n) is 2.52. The van der Waals surface area contributed by atoms with E-state index in [2.05, 4.69) is 44.7 Å². The predicted octanol–water partition coefficient (Wildman–Crippen LogP) is 6.31. The Morgan fingerprint density at radius 2 is 1.86 bits per heavy atom. The number of aryl methyl sites for hydroxylation is 1. The van der Waals surface area contributed by atoms with E-state index in [0.717, 1.165) is 0 Å². The van der Waals surface area contributed by atoms with E-state index in [9.17, 15) is 0 Å². The van der Waals surface area contributed by atoms with Gasteiger partial charge in [-0.1, -0.05) is 0 Å². The summed E-state index contributed by atoms with van der Waals surface area (Å²) >= 11 is 6.44. The Morgan fingerprint density at radius 3 is 2.43 bits per heavy atom. The van der Waals surface area contributed by atoms with Crippen molar-refractivity contribution in [1.82, 2.24) is 0 Å². The Bertz CT molecular complexity index is 406. The molecule has 0 unspecified atom stereocenters. The van der Waals surface area contributed by atoms with E-state index in [1.165, 1.54) is 60.5 Å². The average molecular weight is 412 g/mol. The van der Waals surface area contributed by atoms with E-state index in [1.807, 2.05) is 6.08 Å². The first-order valence-electron chi connectivity index (χ1n) is 8.29. The van der Waals surface area contributed by atoms with Gasteiger partial charge in [-0.05, 0) is 0 Å². The Hall–Kier alpha value is 0.0487. The topological polar surface area (TPSA) is 0 Å². The summed E-state index contributed by atoms with van der Waals surface area (Å²) in [5.41, 5.74) is 2.67. The molecule has 21 heavy (non-hydrogen) atoms. The van der Waals surface area contributed by atoms with Gasteiger partial charge < -0.3 is 0 Å². The number of unbranched alkanes of at least 4 members (excludes halogenated alkanes) is 2. The molecule has 0 fully saturated rings. The van der Waals surface area contributed by atoms with Crippen LogP contribution in [0.5, 0.6) is 0 Å². The molecule has 0 saturated carbocycles. The molecule has 0 atom stereocenters. The Morgan fingerprint density at radius 1 is 1.19 bits per heavy atom. The molecule has 1 aromatic rings. The van der Waals surface area contributed by atoms with Crippen LogP contribution in [0.25, 0.3) is 6.08 Å². The van der Waals surface area contributed by atoms with Gasteiger partial charge in [0.25, 0.3) is 0 Å². The molecular formula is C19H29ClSn. The monoisotopic (exact) mass is 412 g/mol. The van der Waals surface area contributed by atoms with Crippen molar-refractivity contribution < 1.29 is 0 Å². The molecule has 1 rings (SSSR count). The Kier molecular flexibility index (Phi) is 9.75. The summed E-state index contributed by atoms with van der Waals surface area (Å²) in [7, 11) is 0. The van der Waals surface area contributed by atoms with Crippen molar-refractivity contribution in [2.75, 3.05) is 0 Å². The zero-order valence-corrected chi connectivity index (χ0v) is 17.2. The molecule has 0 amide bonds. The molecule has 116 valence electrons. The van der Waals surface area contributed by atoms with Gasteiger partial charge in [-0.15, -0.1) is 0 Å². The van der Waals surface area contributed by atoms with Crippen molar-refractivity contribution in [3.8, 4) is 0 Å². The predicted molar refractivity (Wildman–Crippen MR) is 98.4 cm³/mol. The van der Waals surface area contributed by atoms with Crippen LogP contribution in [0, 0.1) is 0 Å². The van der Waals surface area contributed by atoms with E-state index in [-0.39, 0.29) is 2.89 Å². The van der Waals surface area contributed by atoms with Crippen LogP contribution in [0.1, 0.15) is 63.5 Å².